The summed E-state index contributed by atoms with van der Waals surface area (Å²) in [5.74, 6) is 0.864. The maximum atomic E-state index is 12.1. The van der Waals surface area contributed by atoms with Crippen LogP contribution in [0.2, 0.25) is 0 Å². The summed E-state index contributed by atoms with van der Waals surface area (Å²) in [6.45, 7) is 2.93. The maximum Gasteiger partial charge on any atom is 0.233 e. The second-order valence-electron chi connectivity index (χ2n) is 4.94. The minimum atomic E-state index is 0.184. The molecule has 1 atom stereocenters. The van der Waals surface area contributed by atoms with Crippen LogP contribution in [0.4, 0.5) is 0 Å². The molecule has 1 saturated heterocycles. The number of thioether (sulfide) groups is 1. The molecule has 1 unspecified atom stereocenters. The first-order chi connectivity index (χ1) is 9.75. The molecule has 0 spiro atoms. The van der Waals surface area contributed by atoms with Crippen LogP contribution in [0.25, 0.3) is 0 Å². The Balaban J connectivity index is 1.77. The van der Waals surface area contributed by atoms with Gasteiger partial charge in [0.2, 0.25) is 5.91 Å². The van der Waals surface area contributed by atoms with E-state index in [1.165, 1.54) is 16.0 Å². The van der Waals surface area contributed by atoms with Gasteiger partial charge in [-0.25, -0.2) is 0 Å². The zero-order chi connectivity index (χ0) is 13.9. The highest BCUT2D eigenvalue weighted by Gasteiger charge is 2.33. The van der Waals surface area contributed by atoms with Crippen LogP contribution in [0.15, 0.2) is 41.8 Å². The Hall–Kier alpha value is -1.26. The predicted octanol–water partition coefficient (Wildman–Crippen LogP) is 3.87. The van der Waals surface area contributed by atoms with Crippen LogP contribution < -0.4 is 0 Å². The van der Waals surface area contributed by atoms with Crippen molar-refractivity contribution >= 4 is 29.0 Å². The highest BCUT2D eigenvalue weighted by molar-refractivity contribution is 8.00. The summed E-state index contributed by atoms with van der Waals surface area (Å²) in [6.07, 6.45) is 0.951. The summed E-state index contributed by atoms with van der Waals surface area (Å²) in [5.41, 5.74) is 2.54. The highest BCUT2D eigenvalue weighted by atomic mass is 32.2. The summed E-state index contributed by atoms with van der Waals surface area (Å²) in [7, 11) is 0. The average Bonchev–Trinajstić information content (AvgIpc) is 3.07. The van der Waals surface area contributed by atoms with Gasteiger partial charge in [-0.1, -0.05) is 30.3 Å². The van der Waals surface area contributed by atoms with Crippen LogP contribution in [0.5, 0.6) is 0 Å². The molecule has 1 aromatic carbocycles. The fourth-order valence-electron chi connectivity index (χ4n) is 2.50. The first-order valence-electron chi connectivity index (χ1n) is 6.74. The van der Waals surface area contributed by atoms with Crippen LogP contribution in [-0.4, -0.2) is 23.1 Å². The van der Waals surface area contributed by atoms with Gasteiger partial charge in [0.05, 0.1) is 5.75 Å². The molecule has 1 aromatic heterocycles. The Morgan fingerprint density at radius 2 is 2.10 bits per heavy atom. The number of nitrogens with zero attached hydrogens (tertiary/aromatic N) is 1. The zero-order valence-electron chi connectivity index (χ0n) is 11.4. The van der Waals surface area contributed by atoms with E-state index in [9.17, 15) is 4.79 Å². The van der Waals surface area contributed by atoms with E-state index < -0.39 is 0 Å². The van der Waals surface area contributed by atoms with Crippen molar-refractivity contribution in [3.63, 3.8) is 0 Å². The SMILES string of the molecule is Cc1ccccc1C1SCC(=O)N1CCc1cccs1. The van der Waals surface area contributed by atoms with Crippen molar-refractivity contribution in [2.45, 2.75) is 18.7 Å². The first-order valence-corrected chi connectivity index (χ1v) is 8.67. The lowest BCUT2D eigenvalue weighted by atomic mass is 10.1. The molecule has 0 radical (unpaired) electrons. The zero-order valence-corrected chi connectivity index (χ0v) is 13.0. The molecule has 1 amide bonds. The average molecular weight is 303 g/mol. The quantitative estimate of drug-likeness (QED) is 0.854. The summed E-state index contributed by atoms with van der Waals surface area (Å²) in [6, 6.07) is 12.6. The number of amides is 1. The lowest BCUT2D eigenvalue weighted by molar-refractivity contribution is -0.128. The highest BCUT2D eigenvalue weighted by Crippen LogP contribution is 2.39. The van der Waals surface area contributed by atoms with Crippen molar-refractivity contribution in [1.29, 1.82) is 0 Å². The van der Waals surface area contributed by atoms with Crippen LogP contribution >= 0.6 is 23.1 Å². The van der Waals surface area contributed by atoms with Crippen LogP contribution in [0, 0.1) is 6.92 Å². The summed E-state index contributed by atoms with van der Waals surface area (Å²) in [4.78, 5) is 15.5. The van der Waals surface area contributed by atoms with Gasteiger partial charge in [0.15, 0.2) is 0 Å². The Morgan fingerprint density at radius 1 is 1.25 bits per heavy atom. The molecule has 104 valence electrons. The lowest BCUT2D eigenvalue weighted by Crippen LogP contribution is -2.30. The molecular formula is C16H17NOS2. The second-order valence-corrected chi connectivity index (χ2v) is 7.04. The Bertz CT molecular complexity index is 594. The van der Waals surface area contributed by atoms with Crippen LogP contribution in [-0.2, 0) is 11.2 Å². The fraction of sp³-hybridized carbons (Fsp3) is 0.312. The van der Waals surface area contributed by atoms with Crippen molar-refractivity contribution < 1.29 is 4.79 Å². The molecule has 3 rings (SSSR count). The van der Waals surface area contributed by atoms with Gasteiger partial charge in [0.1, 0.15) is 5.37 Å². The normalized spacial score (nSPS) is 18.8. The van der Waals surface area contributed by atoms with Gasteiger partial charge in [-0.2, -0.15) is 0 Å². The van der Waals surface area contributed by atoms with Crippen molar-refractivity contribution in [2.75, 3.05) is 12.3 Å². The van der Waals surface area contributed by atoms with Crippen LogP contribution in [0.3, 0.4) is 0 Å². The minimum absolute atomic E-state index is 0.184. The Kier molecular flexibility index (Phi) is 4.13. The van der Waals surface area contributed by atoms with E-state index in [1.807, 2.05) is 4.90 Å². The van der Waals surface area contributed by atoms with E-state index in [4.69, 9.17) is 0 Å². The van der Waals surface area contributed by atoms with E-state index in [0.717, 1.165) is 13.0 Å². The first kappa shape index (κ1) is 13.7. The second kappa shape index (κ2) is 6.02. The topological polar surface area (TPSA) is 20.3 Å². The van der Waals surface area contributed by atoms with Gasteiger partial charge in [-0.3, -0.25) is 4.79 Å². The molecule has 1 aliphatic rings. The number of benzene rings is 1. The monoisotopic (exact) mass is 303 g/mol. The Morgan fingerprint density at radius 3 is 2.85 bits per heavy atom. The molecular weight excluding hydrogens is 286 g/mol. The number of rotatable bonds is 4. The summed E-state index contributed by atoms with van der Waals surface area (Å²) < 4.78 is 0. The molecule has 0 bridgehead atoms. The molecule has 2 aromatic rings. The third kappa shape index (κ3) is 2.76. The van der Waals surface area contributed by atoms with Gasteiger partial charge in [-0.05, 0) is 35.9 Å². The Labute approximate surface area is 127 Å². The molecule has 0 N–H and O–H groups in total. The molecule has 2 nitrogen and oxygen atoms in total. The third-order valence-electron chi connectivity index (χ3n) is 3.60. The van der Waals surface area contributed by atoms with Gasteiger partial charge < -0.3 is 4.90 Å². The van der Waals surface area contributed by atoms with E-state index in [-0.39, 0.29) is 11.3 Å². The predicted molar refractivity (Wildman–Crippen MR) is 86.1 cm³/mol. The summed E-state index contributed by atoms with van der Waals surface area (Å²) >= 11 is 3.51. The van der Waals surface area contributed by atoms with Gasteiger partial charge in [0, 0.05) is 11.4 Å². The van der Waals surface area contributed by atoms with E-state index in [2.05, 4.69) is 48.7 Å². The number of hydrogen-bond donors (Lipinski definition) is 0. The van der Waals surface area contributed by atoms with Crippen molar-refractivity contribution in [2.24, 2.45) is 0 Å². The molecule has 4 heteroatoms. The number of aryl methyl sites for hydroxylation is 1. The third-order valence-corrected chi connectivity index (χ3v) is 5.78. The fourth-order valence-corrected chi connectivity index (χ4v) is 4.51. The number of thiophene rings is 1. The van der Waals surface area contributed by atoms with Crippen molar-refractivity contribution in [3.05, 3.63) is 57.8 Å². The van der Waals surface area contributed by atoms with Crippen molar-refractivity contribution in [3.8, 4) is 0 Å². The number of carbonyl (C=O) groups is 1. The summed E-state index contributed by atoms with van der Waals surface area (Å²) in [5, 5.41) is 2.28. The lowest BCUT2D eigenvalue weighted by Gasteiger charge is -2.25. The van der Waals surface area contributed by atoms with Gasteiger partial charge >= 0.3 is 0 Å². The maximum absolute atomic E-state index is 12.1. The molecule has 1 aliphatic heterocycles. The van der Waals surface area contributed by atoms with Crippen molar-refractivity contribution in [1.82, 2.24) is 4.90 Å². The molecule has 0 aliphatic carbocycles. The molecule has 20 heavy (non-hydrogen) atoms. The van der Waals surface area contributed by atoms with E-state index in [1.54, 1.807) is 23.1 Å². The smallest absolute Gasteiger partial charge is 0.233 e. The van der Waals surface area contributed by atoms with E-state index >= 15 is 0 Å². The minimum Gasteiger partial charge on any atom is -0.325 e. The van der Waals surface area contributed by atoms with Crippen LogP contribution in [0.1, 0.15) is 21.4 Å². The molecule has 0 saturated carbocycles. The van der Waals surface area contributed by atoms with Gasteiger partial charge in [0.25, 0.3) is 0 Å². The number of hydrogen-bond acceptors (Lipinski definition) is 3. The standard InChI is InChI=1S/C16H17NOS2/c1-12-5-2-3-7-14(12)16-17(15(18)11-20-16)9-8-13-6-4-10-19-13/h2-7,10,16H,8-9,11H2,1H3. The largest absolute Gasteiger partial charge is 0.325 e. The number of carbonyl (C=O) groups excluding carboxylic acids is 1. The van der Waals surface area contributed by atoms with Gasteiger partial charge in [-0.15, -0.1) is 23.1 Å². The molecule has 2 heterocycles. The van der Waals surface area contributed by atoms with E-state index in [0.29, 0.717) is 5.75 Å². The molecule has 1 fully saturated rings.